The van der Waals surface area contributed by atoms with E-state index in [1.54, 1.807) is 0 Å². The number of hydrogen-bond donors (Lipinski definition) is 0. The van der Waals surface area contributed by atoms with Gasteiger partial charge in [0.25, 0.3) is 0 Å². The van der Waals surface area contributed by atoms with Crippen molar-refractivity contribution in [3.05, 3.63) is 47.5 Å². The van der Waals surface area contributed by atoms with Gasteiger partial charge in [-0.1, -0.05) is 19.1 Å². The van der Waals surface area contributed by atoms with Crippen molar-refractivity contribution >= 4 is 5.97 Å². The number of esters is 1. The lowest BCUT2D eigenvalue weighted by atomic mass is 9.76. The Labute approximate surface area is 150 Å². The van der Waals surface area contributed by atoms with Crippen molar-refractivity contribution in [2.24, 2.45) is 11.8 Å². The number of carbonyl (C=O) groups is 1. The van der Waals surface area contributed by atoms with Crippen LogP contribution in [-0.4, -0.2) is 26.2 Å². The zero-order valence-electron chi connectivity index (χ0n) is 14.3. The summed E-state index contributed by atoms with van der Waals surface area (Å²) in [6.45, 7) is 2.78. The van der Waals surface area contributed by atoms with Crippen molar-refractivity contribution in [2.45, 2.75) is 12.8 Å². The van der Waals surface area contributed by atoms with Crippen LogP contribution in [0.4, 0.5) is 0 Å². The van der Waals surface area contributed by atoms with E-state index < -0.39 is 0 Å². The number of carbonyl (C=O) groups excluding carboxylic acids is 1. The Morgan fingerprint density at radius 2 is 1.35 bits per heavy atom. The summed E-state index contributed by atoms with van der Waals surface area (Å²) in [5, 5.41) is 0. The molecule has 5 rings (SSSR count). The fourth-order valence-corrected chi connectivity index (χ4v) is 3.91. The molecule has 1 saturated heterocycles. The molecule has 3 aliphatic heterocycles. The van der Waals surface area contributed by atoms with Gasteiger partial charge in [-0.3, -0.25) is 4.79 Å². The highest BCUT2D eigenvalue weighted by Crippen LogP contribution is 2.45. The van der Waals surface area contributed by atoms with Crippen LogP contribution in [0.3, 0.4) is 0 Å². The molecule has 2 atom stereocenters. The summed E-state index contributed by atoms with van der Waals surface area (Å²) in [7, 11) is 0. The lowest BCUT2D eigenvalue weighted by molar-refractivity contribution is -0.140. The standard InChI is InChI=1S/C20H18O6/c1-11-14(8-22-20(11)21)19(12-2-4-15-17(6-12)25-9-23-15)13-3-5-16-18(7-13)26-10-24-16/h2-7,11,14,19H,8-10H2,1H3. The van der Waals surface area contributed by atoms with E-state index in [0.717, 1.165) is 34.1 Å². The predicted octanol–water partition coefficient (Wildman–Crippen LogP) is 3.09. The molecule has 3 heterocycles. The van der Waals surface area contributed by atoms with Crippen LogP contribution in [0.1, 0.15) is 24.0 Å². The molecule has 0 radical (unpaired) electrons. The number of ether oxygens (including phenoxy) is 5. The summed E-state index contributed by atoms with van der Waals surface area (Å²) in [5.74, 6) is 2.60. The minimum atomic E-state index is -0.184. The fraction of sp³-hybridized carbons (Fsp3) is 0.350. The molecule has 0 amide bonds. The van der Waals surface area contributed by atoms with Gasteiger partial charge in [0, 0.05) is 11.8 Å². The third-order valence-electron chi connectivity index (χ3n) is 5.37. The molecule has 0 aromatic heterocycles. The highest BCUT2D eigenvalue weighted by molar-refractivity contribution is 5.74. The van der Waals surface area contributed by atoms with Crippen LogP contribution in [-0.2, 0) is 9.53 Å². The van der Waals surface area contributed by atoms with Gasteiger partial charge >= 0.3 is 5.97 Å². The molecule has 1 fully saturated rings. The normalized spacial score (nSPS) is 22.8. The first-order valence-electron chi connectivity index (χ1n) is 8.66. The van der Waals surface area contributed by atoms with Crippen molar-refractivity contribution < 1.29 is 28.5 Å². The molecule has 6 nitrogen and oxygen atoms in total. The summed E-state index contributed by atoms with van der Waals surface area (Å²) in [4.78, 5) is 12.0. The second-order valence-corrected chi connectivity index (χ2v) is 6.79. The maximum absolute atomic E-state index is 12.0. The number of benzene rings is 2. The third-order valence-corrected chi connectivity index (χ3v) is 5.37. The number of hydrogen-bond acceptors (Lipinski definition) is 6. The van der Waals surface area contributed by atoms with E-state index in [9.17, 15) is 4.79 Å². The fourth-order valence-electron chi connectivity index (χ4n) is 3.91. The van der Waals surface area contributed by atoms with Gasteiger partial charge in [0.05, 0.1) is 12.5 Å². The first-order chi connectivity index (χ1) is 12.7. The lowest BCUT2D eigenvalue weighted by Crippen LogP contribution is -2.21. The van der Waals surface area contributed by atoms with Crippen LogP contribution < -0.4 is 18.9 Å². The van der Waals surface area contributed by atoms with E-state index in [-0.39, 0.29) is 37.3 Å². The van der Waals surface area contributed by atoms with Gasteiger partial charge in [0.2, 0.25) is 13.6 Å². The molecule has 2 aromatic rings. The lowest BCUT2D eigenvalue weighted by Gasteiger charge is -2.25. The molecule has 2 aromatic carbocycles. The van der Waals surface area contributed by atoms with Gasteiger partial charge in [0.15, 0.2) is 23.0 Å². The maximum atomic E-state index is 12.0. The van der Waals surface area contributed by atoms with Gasteiger partial charge in [-0.25, -0.2) is 0 Å². The summed E-state index contributed by atoms with van der Waals surface area (Å²) in [6.07, 6.45) is 0. The van der Waals surface area contributed by atoms with Gasteiger partial charge in [-0.2, -0.15) is 0 Å². The first kappa shape index (κ1) is 15.4. The van der Waals surface area contributed by atoms with Crippen molar-refractivity contribution in [3.8, 4) is 23.0 Å². The van der Waals surface area contributed by atoms with Crippen LogP contribution in [0.2, 0.25) is 0 Å². The maximum Gasteiger partial charge on any atom is 0.309 e. The SMILES string of the molecule is CC1C(=O)OCC1C(c1ccc2c(c1)OCO2)c1ccc2c(c1)OCO2. The Hall–Kier alpha value is -2.89. The van der Waals surface area contributed by atoms with Crippen molar-refractivity contribution in [1.29, 1.82) is 0 Å². The molecular weight excluding hydrogens is 336 g/mol. The molecule has 2 unspecified atom stereocenters. The van der Waals surface area contributed by atoms with Crippen LogP contribution in [0.15, 0.2) is 36.4 Å². The van der Waals surface area contributed by atoms with Crippen LogP contribution in [0.5, 0.6) is 23.0 Å². The summed E-state index contributed by atoms with van der Waals surface area (Å²) < 4.78 is 27.3. The van der Waals surface area contributed by atoms with Crippen molar-refractivity contribution in [2.75, 3.05) is 20.2 Å². The second-order valence-electron chi connectivity index (χ2n) is 6.79. The summed E-state index contributed by atoms with van der Waals surface area (Å²) in [5.41, 5.74) is 2.12. The quantitative estimate of drug-likeness (QED) is 0.790. The Morgan fingerprint density at radius 3 is 1.85 bits per heavy atom. The van der Waals surface area contributed by atoms with E-state index in [0.29, 0.717) is 6.61 Å². The van der Waals surface area contributed by atoms with Crippen LogP contribution in [0.25, 0.3) is 0 Å². The van der Waals surface area contributed by atoms with E-state index in [4.69, 9.17) is 23.7 Å². The second kappa shape index (κ2) is 5.83. The Morgan fingerprint density at radius 1 is 0.808 bits per heavy atom. The average molecular weight is 354 g/mol. The molecule has 134 valence electrons. The molecule has 26 heavy (non-hydrogen) atoms. The predicted molar refractivity (Wildman–Crippen MR) is 90.6 cm³/mol. The zero-order chi connectivity index (χ0) is 17.7. The van der Waals surface area contributed by atoms with Crippen LogP contribution in [0, 0.1) is 11.8 Å². The van der Waals surface area contributed by atoms with Gasteiger partial charge in [-0.15, -0.1) is 0 Å². The summed E-state index contributed by atoms with van der Waals surface area (Å²) in [6, 6.07) is 11.9. The molecule has 6 heteroatoms. The molecule has 0 bridgehead atoms. The van der Waals surface area contributed by atoms with E-state index in [1.165, 1.54) is 0 Å². The number of cyclic esters (lactones) is 1. The van der Waals surface area contributed by atoms with E-state index in [1.807, 2.05) is 43.3 Å². The molecule has 0 aliphatic carbocycles. The largest absolute Gasteiger partial charge is 0.465 e. The smallest absolute Gasteiger partial charge is 0.309 e. The van der Waals surface area contributed by atoms with E-state index >= 15 is 0 Å². The molecular formula is C20H18O6. The zero-order valence-corrected chi connectivity index (χ0v) is 14.3. The van der Waals surface area contributed by atoms with Crippen molar-refractivity contribution in [1.82, 2.24) is 0 Å². The highest BCUT2D eigenvalue weighted by atomic mass is 16.7. The van der Waals surface area contributed by atoms with Gasteiger partial charge in [0.1, 0.15) is 0 Å². The molecule has 0 N–H and O–H groups in total. The molecule has 0 saturated carbocycles. The van der Waals surface area contributed by atoms with Crippen molar-refractivity contribution in [3.63, 3.8) is 0 Å². The molecule has 3 aliphatic rings. The number of rotatable bonds is 3. The monoisotopic (exact) mass is 354 g/mol. The average Bonchev–Trinajstić information content (AvgIpc) is 3.37. The van der Waals surface area contributed by atoms with Gasteiger partial charge < -0.3 is 23.7 Å². The Bertz CT molecular complexity index is 819. The Kier molecular flexibility index (Phi) is 3.45. The number of fused-ring (bicyclic) bond motifs is 2. The highest BCUT2D eigenvalue weighted by Gasteiger charge is 2.40. The topological polar surface area (TPSA) is 63.2 Å². The van der Waals surface area contributed by atoms with Gasteiger partial charge in [-0.05, 0) is 35.4 Å². The minimum Gasteiger partial charge on any atom is -0.465 e. The third kappa shape index (κ3) is 2.36. The first-order valence-corrected chi connectivity index (χ1v) is 8.66. The minimum absolute atomic E-state index is 0.0274. The summed E-state index contributed by atoms with van der Waals surface area (Å²) >= 11 is 0. The Balaban J connectivity index is 1.60. The molecule has 0 spiro atoms. The van der Waals surface area contributed by atoms with Crippen LogP contribution >= 0.6 is 0 Å². The van der Waals surface area contributed by atoms with E-state index in [2.05, 4.69) is 0 Å².